The highest BCUT2D eigenvalue weighted by Gasteiger charge is 2.13. The van der Waals surface area contributed by atoms with Crippen molar-refractivity contribution in [1.29, 1.82) is 0 Å². The van der Waals surface area contributed by atoms with Crippen molar-refractivity contribution < 1.29 is 4.79 Å². The van der Waals surface area contributed by atoms with Crippen molar-refractivity contribution in [3.63, 3.8) is 0 Å². The van der Waals surface area contributed by atoms with Crippen LogP contribution in [0.1, 0.15) is 28.1 Å². The number of aryl methyl sites for hydroxylation is 2. The van der Waals surface area contributed by atoms with E-state index < -0.39 is 0 Å². The van der Waals surface area contributed by atoms with Crippen LogP contribution in [-0.4, -0.2) is 20.7 Å². The fourth-order valence-corrected chi connectivity index (χ4v) is 2.34. The summed E-state index contributed by atoms with van der Waals surface area (Å²) in [7, 11) is 0. The van der Waals surface area contributed by atoms with E-state index in [9.17, 15) is 4.79 Å². The summed E-state index contributed by atoms with van der Waals surface area (Å²) in [5.74, 6) is 0.752. The Labute approximate surface area is 97.4 Å². The predicted octanol–water partition coefficient (Wildman–Crippen LogP) is 2.42. The molecule has 2 rings (SSSR count). The van der Waals surface area contributed by atoms with Gasteiger partial charge >= 0.3 is 0 Å². The highest BCUT2D eigenvalue weighted by atomic mass is 32.1. The Morgan fingerprint density at radius 3 is 2.62 bits per heavy atom. The third kappa shape index (κ3) is 1.99. The van der Waals surface area contributed by atoms with E-state index in [4.69, 9.17) is 0 Å². The van der Waals surface area contributed by atoms with Crippen LogP contribution in [0, 0.1) is 13.8 Å². The van der Waals surface area contributed by atoms with Crippen LogP contribution in [0.4, 0.5) is 0 Å². The van der Waals surface area contributed by atoms with Crippen LogP contribution >= 0.6 is 11.3 Å². The van der Waals surface area contributed by atoms with Crippen molar-refractivity contribution in [3.05, 3.63) is 28.7 Å². The number of Topliss-reactive ketones (excluding diaryl/α,β-unsaturated/α-hetero) is 1. The van der Waals surface area contributed by atoms with Crippen molar-refractivity contribution in [3.8, 4) is 10.7 Å². The molecule has 0 N–H and O–H groups in total. The maximum atomic E-state index is 11.3. The number of thiazole rings is 1. The summed E-state index contributed by atoms with van der Waals surface area (Å²) in [6.45, 7) is 5.22. The molecule has 0 radical (unpaired) electrons. The summed E-state index contributed by atoms with van der Waals surface area (Å²) in [4.78, 5) is 24.7. The minimum atomic E-state index is 0.0482. The van der Waals surface area contributed by atoms with Gasteiger partial charge in [0.2, 0.25) is 0 Å². The number of rotatable bonds is 2. The van der Waals surface area contributed by atoms with Crippen molar-refractivity contribution in [2.45, 2.75) is 20.8 Å². The van der Waals surface area contributed by atoms with E-state index >= 15 is 0 Å². The van der Waals surface area contributed by atoms with Gasteiger partial charge in [-0.2, -0.15) is 0 Å². The summed E-state index contributed by atoms with van der Waals surface area (Å²) in [5.41, 5.74) is 1.54. The SMILES string of the molecule is CC(=O)c1sc(-c2ccnc(C)n2)nc1C. The molecule has 0 fully saturated rings. The summed E-state index contributed by atoms with van der Waals surface area (Å²) in [6.07, 6.45) is 1.70. The van der Waals surface area contributed by atoms with Gasteiger partial charge in [0.1, 0.15) is 16.5 Å². The molecule has 2 aromatic heterocycles. The largest absolute Gasteiger partial charge is 0.294 e. The third-order valence-electron chi connectivity index (χ3n) is 2.11. The number of hydrogen-bond donors (Lipinski definition) is 0. The molecule has 0 saturated heterocycles. The Bertz CT molecular complexity index is 548. The van der Waals surface area contributed by atoms with Gasteiger partial charge < -0.3 is 0 Å². The lowest BCUT2D eigenvalue weighted by Gasteiger charge is -1.95. The molecule has 0 spiro atoms. The Morgan fingerprint density at radius 2 is 2.06 bits per heavy atom. The molecule has 0 saturated carbocycles. The quantitative estimate of drug-likeness (QED) is 0.747. The minimum Gasteiger partial charge on any atom is -0.294 e. The number of aromatic nitrogens is 3. The molecule has 5 heteroatoms. The van der Waals surface area contributed by atoms with E-state index in [0.717, 1.165) is 16.4 Å². The van der Waals surface area contributed by atoms with Crippen LogP contribution in [-0.2, 0) is 0 Å². The molecule has 0 aliphatic rings. The number of carbonyl (C=O) groups is 1. The highest BCUT2D eigenvalue weighted by Crippen LogP contribution is 2.26. The lowest BCUT2D eigenvalue weighted by atomic mass is 10.3. The summed E-state index contributed by atoms with van der Waals surface area (Å²) >= 11 is 1.38. The zero-order chi connectivity index (χ0) is 11.7. The van der Waals surface area contributed by atoms with Crippen LogP contribution in [0.2, 0.25) is 0 Å². The van der Waals surface area contributed by atoms with Gasteiger partial charge in [-0.1, -0.05) is 0 Å². The fourth-order valence-electron chi connectivity index (χ4n) is 1.41. The second kappa shape index (κ2) is 4.09. The van der Waals surface area contributed by atoms with Crippen molar-refractivity contribution >= 4 is 17.1 Å². The molecular formula is C11H11N3OS. The first-order valence-corrected chi connectivity index (χ1v) is 5.68. The molecule has 82 valence electrons. The number of hydrogen-bond acceptors (Lipinski definition) is 5. The fraction of sp³-hybridized carbons (Fsp3) is 0.273. The van der Waals surface area contributed by atoms with Gasteiger partial charge in [0.15, 0.2) is 5.78 Å². The monoisotopic (exact) mass is 233 g/mol. The minimum absolute atomic E-state index is 0.0482. The lowest BCUT2D eigenvalue weighted by molar-refractivity contribution is 0.102. The summed E-state index contributed by atoms with van der Waals surface area (Å²) < 4.78 is 0. The normalized spacial score (nSPS) is 10.4. The van der Waals surface area contributed by atoms with E-state index in [1.54, 1.807) is 19.2 Å². The first-order valence-electron chi connectivity index (χ1n) is 4.86. The smallest absolute Gasteiger partial charge is 0.171 e. The van der Waals surface area contributed by atoms with Crippen LogP contribution < -0.4 is 0 Å². The molecule has 0 amide bonds. The molecule has 0 aromatic carbocycles. The topological polar surface area (TPSA) is 55.7 Å². The zero-order valence-corrected chi connectivity index (χ0v) is 10.1. The number of nitrogens with zero attached hydrogens (tertiary/aromatic N) is 3. The maximum Gasteiger partial charge on any atom is 0.171 e. The van der Waals surface area contributed by atoms with E-state index in [2.05, 4.69) is 15.0 Å². The Balaban J connectivity index is 2.49. The van der Waals surface area contributed by atoms with E-state index in [-0.39, 0.29) is 5.78 Å². The van der Waals surface area contributed by atoms with Gasteiger partial charge in [0.25, 0.3) is 0 Å². The van der Waals surface area contributed by atoms with Gasteiger partial charge in [-0.3, -0.25) is 4.79 Å². The second-order valence-corrected chi connectivity index (χ2v) is 4.48. The van der Waals surface area contributed by atoms with Crippen molar-refractivity contribution in [2.75, 3.05) is 0 Å². The van der Waals surface area contributed by atoms with Gasteiger partial charge in [-0.05, 0) is 19.9 Å². The second-order valence-electron chi connectivity index (χ2n) is 3.48. The molecule has 0 aliphatic carbocycles. The van der Waals surface area contributed by atoms with Crippen LogP contribution in [0.5, 0.6) is 0 Å². The number of carbonyl (C=O) groups excluding carboxylic acids is 1. The highest BCUT2D eigenvalue weighted by molar-refractivity contribution is 7.17. The average Bonchev–Trinajstić information content (AvgIpc) is 2.60. The maximum absolute atomic E-state index is 11.3. The van der Waals surface area contributed by atoms with E-state index in [1.165, 1.54) is 11.3 Å². The molecule has 0 atom stereocenters. The summed E-state index contributed by atoms with van der Waals surface area (Å²) in [5, 5.41) is 0.771. The third-order valence-corrected chi connectivity index (χ3v) is 3.39. The molecule has 2 heterocycles. The van der Waals surface area contributed by atoms with E-state index in [1.807, 2.05) is 13.8 Å². The van der Waals surface area contributed by atoms with E-state index in [0.29, 0.717) is 10.7 Å². The Hall–Kier alpha value is -1.62. The molecule has 2 aromatic rings. The first-order chi connectivity index (χ1) is 7.58. The van der Waals surface area contributed by atoms with Gasteiger partial charge in [0, 0.05) is 13.1 Å². The molecule has 4 nitrogen and oxygen atoms in total. The van der Waals surface area contributed by atoms with Crippen molar-refractivity contribution in [2.24, 2.45) is 0 Å². The van der Waals surface area contributed by atoms with Crippen LogP contribution in [0.25, 0.3) is 10.7 Å². The number of ketones is 1. The first kappa shape index (κ1) is 10.9. The van der Waals surface area contributed by atoms with Gasteiger partial charge in [-0.15, -0.1) is 11.3 Å². The van der Waals surface area contributed by atoms with Gasteiger partial charge in [0.05, 0.1) is 10.6 Å². The van der Waals surface area contributed by atoms with Crippen LogP contribution in [0.15, 0.2) is 12.3 Å². The van der Waals surface area contributed by atoms with Crippen molar-refractivity contribution in [1.82, 2.24) is 15.0 Å². The molecule has 0 aliphatic heterocycles. The van der Waals surface area contributed by atoms with Gasteiger partial charge in [-0.25, -0.2) is 15.0 Å². The van der Waals surface area contributed by atoms with Crippen LogP contribution in [0.3, 0.4) is 0 Å². The zero-order valence-electron chi connectivity index (χ0n) is 9.31. The molecule has 0 unspecified atom stereocenters. The Kier molecular flexibility index (Phi) is 2.78. The molecular weight excluding hydrogens is 222 g/mol. The standard InChI is InChI=1S/C11H11N3OS/c1-6-10(7(2)15)16-11(13-6)9-4-5-12-8(3)14-9/h4-5H,1-3H3. The average molecular weight is 233 g/mol. The molecule has 16 heavy (non-hydrogen) atoms. The molecule has 0 bridgehead atoms. The predicted molar refractivity (Wildman–Crippen MR) is 62.6 cm³/mol. The summed E-state index contributed by atoms with van der Waals surface area (Å²) in [6, 6.07) is 1.80. The lowest BCUT2D eigenvalue weighted by Crippen LogP contribution is -1.89. The Morgan fingerprint density at radius 1 is 1.31 bits per heavy atom.